The number of carbonyl (C=O) groups excluding carboxylic acids is 2. The monoisotopic (exact) mass is 383 g/mol. The molecule has 1 fully saturated rings. The van der Waals surface area contributed by atoms with E-state index in [0.717, 1.165) is 10.9 Å². The van der Waals surface area contributed by atoms with Crippen molar-refractivity contribution in [3.63, 3.8) is 0 Å². The van der Waals surface area contributed by atoms with Crippen LogP contribution in [0.1, 0.15) is 26.7 Å². The zero-order valence-electron chi connectivity index (χ0n) is 12.4. The van der Waals surface area contributed by atoms with Crippen molar-refractivity contribution in [2.75, 3.05) is 5.32 Å². The lowest BCUT2D eigenvalue weighted by Crippen LogP contribution is -2.28. The normalized spacial score (nSPS) is 20.8. The first-order valence-electron chi connectivity index (χ1n) is 7.09. The number of para-hydroxylation sites is 1. The third kappa shape index (κ3) is 4.58. The minimum Gasteiger partial charge on any atom is -0.325 e. The number of hydrogen-bond donors (Lipinski definition) is 2. The summed E-state index contributed by atoms with van der Waals surface area (Å²) in [6, 6.07) is 7.53. The fourth-order valence-electron chi connectivity index (χ4n) is 1.82. The minimum absolute atomic E-state index is 0.122. The Morgan fingerprint density at radius 2 is 2.23 bits per heavy atom. The summed E-state index contributed by atoms with van der Waals surface area (Å²) in [6.07, 6.45) is 1.03. The molecule has 0 bridgehead atoms. The molecule has 22 heavy (non-hydrogen) atoms. The molecule has 7 heteroatoms. The molecule has 1 heterocycles. The maximum absolute atomic E-state index is 12.1. The molecule has 0 unspecified atom stereocenters. The molecule has 0 spiro atoms. The van der Waals surface area contributed by atoms with Crippen LogP contribution < -0.4 is 10.6 Å². The highest BCUT2D eigenvalue weighted by Gasteiger charge is 2.32. The lowest BCUT2D eigenvalue weighted by Gasteiger charge is -2.08. The first-order chi connectivity index (χ1) is 10.5. The number of aliphatic imine (C=N–C) groups is 1. The number of carbonyl (C=O) groups is 2. The summed E-state index contributed by atoms with van der Waals surface area (Å²) in [4.78, 5) is 28.4. The molecule has 0 saturated carbocycles. The number of benzene rings is 1. The second kappa shape index (κ2) is 7.78. The molecule has 5 nitrogen and oxygen atoms in total. The van der Waals surface area contributed by atoms with E-state index in [-0.39, 0.29) is 24.3 Å². The number of rotatable bonds is 5. The quantitative estimate of drug-likeness (QED) is 0.819. The van der Waals surface area contributed by atoms with Gasteiger partial charge in [-0.25, -0.2) is 0 Å². The van der Waals surface area contributed by atoms with Crippen LogP contribution in [0.15, 0.2) is 33.7 Å². The minimum atomic E-state index is -0.426. The number of halogens is 1. The molecule has 1 aliphatic heterocycles. The van der Waals surface area contributed by atoms with Gasteiger partial charge in [-0.1, -0.05) is 30.8 Å². The van der Waals surface area contributed by atoms with Gasteiger partial charge in [0.15, 0.2) is 5.17 Å². The van der Waals surface area contributed by atoms with Gasteiger partial charge >= 0.3 is 0 Å². The average molecular weight is 384 g/mol. The molecule has 1 aliphatic rings. The van der Waals surface area contributed by atoms with Crippen LogP contribution in [0.2, 0.25) is 0 Å². The SMILES string of the molecule is CC[C@H](C)N=C1NC(=O)[C@H](CC(=O)Nc2ccccc2Br)S1. The van der Waals surface area contributed by atoms with Gasteiger partial charge in [-0.2, -0.15) is 0 Å². The molecule has 0 aliphatic carbocycles. The molecule has 0 aromatic heterocycles. The summed E-state index contributed by atoms with van der Waals surface area (Å²) >= 11 is 4.70. The van der Waals surface area contributed by atoms with Crippen LogP contribution in [0, 0.1) is 0 Å². The number of nitrogens with one attached hydrogen (secondary N) is 2. The molecule has 1 aromatic rings. The lowest BCUT2D eigenvalue weighted by molar-refractivity contribution is -0.122. The molecule has 118 valence electrons. The largest absolute Gasteiger partial charge is 0.325 e. The van der Waals surface area contributed by atoms with Gasteiger partial charge in [0.2, 0.25) is 11.8 Å². The van der Waals surface area contributed by atoms with E-state index in [4.69, 9.17) is 0 Å². The molecular formula is C15H18BrN3O2S. The van der Waals surface area contributed by atoms with Gasteiger partial charge in [-0.3, -0.25) is 14.6 Å². The van der Waals surface area contributed by atoms with Crippen molar-refractivity contribution in [2.45, 2.75) is 38.0 Å². The Labute approximate surface area is 142 Å². The number of thioether (sulfide) groups is 1. The summed E-state index contributed by atoms with van der Waals surface area (Å²) < 4.78 is 0.811. The molecule has 2 atom stereocenters. The van der Waals surface area contributed by atoms with E-state index in [1.807, 2.05) is 32.0 Å². The van der Waals surface area contributed by atoms with Crippen molar-refractivity contribution >= 4 is 50.4 Å². The van der Waals surface area contributed by atoms with Crippen LogP contribution in [-0.4, -0.2) is 28.3 Å². The van der Waals surface area contributed by atoms with E-state index in [1.165, 1.54) is 11.8 Å². The van der Waals surface area contributed by atoms with E-state index < -0.39 is 5.25 Å². The van der Waals surface area contributed by atoms with Crippen LogP contribution in [0.5, 0.6) is 0 Å². The van der Waals surface area contributed by atoms with Crippen molar-refractivity contribution in [3.8, 4) is 0 Å². The van der Waals surface area contributed by atoms with E-state index in [9.17, 15) is 9.59 Å². The van der Waals surface area contributed by atoms with E-state index in [2.05, 4.69) is 31.6 Å². The number of hydrogen-bond acceptors (Lipinski definition) is 4. The maximum Gasteiger partial charge on any atom is 0.240 e. The maximum atomic E-state index is 12.1. The van der Waals surface area contributed by atoms with Gasteiger partial charge in [0.25, 0.3) is 0 Å². The van der Waals surface area contributed by atoms with Crippen LogP contribution in [0.3, 0.4) is 0 Å². The van der Waals surface area contributed by atoms with E-state index >= 15 is 0 Å². The molecular weight excluding hydrogens is 366 g/mol. The second-order valence-corrected chi connectivity index (χ2v) is 7.07. The molecule has 1 aromatic carbocycles. The molecule has 1 saturated heterocycles. The van der Waals surface area contributed by atoms with Gasteiger partial charge in [0.1, 0.15) is 5.25 Å². The molecule has 2 rings (SSSR count). The number of amidine groups is 1. The number of nitrogens with zero attached hydrogens (tertiary/aromatic N) is 1. The Morgan fingerprint density at radius 3 is 2.91 bits per heavy atom. The second-order valence-electron chi connectivity index (χ2n) is 5.02. The van der Waals surface area contributed by atoms with Gasteiger partial charge in [-0.15, -0.1) is 0 Å². The summed E-state index contributed by atoms with van der Waals surface area (Å²) in [7, 11) is 0. The van der Waals surface area contributed by atoms with E-state index in [0.29, 0.717) is 10.9 Å². The Balaban J connectivity index is 1.94. The summed E-state index contributed by atoms with van der Waals surface area (Å²) in [6.45, 7) is 4.03. The highest BCUT2D eigenvalue weighted by Crippen LogP contribution is 2.25. The standard InChI is InChI=1S/C15H18BrN3O2S/c1-3-9(2)17-15-19-14(21)12(22-15)8-13(20)18-11-7-5-4-6-10(11)16/h4-7,9,12H,3,8H2,1-2H3,(H,18,20)(H,17,19,21)/t9-,12-/m0/s1. The van der Waals surface area contributed by atoms with Crippen molar-refractivity contribution < 1.29 is 9.59 Å². The van der Waals surface area contributed by atoms with Gasteiger partial charge in [-0.05, 0) is 41.4 Å². The van der Waals surface area contributed by atoms with Gasteiger partial charge in [0, 0.05) is 16.9 Å². The first-order valence-corrected chi connectivity index (χ1v) is 8.76. The molecule has 0 radical (unpaired) electrons. The average Bonchev–Trinajstić information content (AvgIpc) is 2.81. The van der Waals surface area contributed by atoms with Crippen molar-refractivity contribution in [3.05, 3.63) is 28.7 Å². The van der Waals surface area contributed by atoms with Crippen LogP contribution in [0.4, 0.5) is 5.69 Å². The van der Waals surface area contributed by atoms with Gasteiger partial charge < -0.3 is 10.6 Å². The Hall–Kier alpha value is -1.34. The van der Waals surface area contributed by atoms with Crippen molar-refractivity contribution in [1.29, 1.82) is 0 Å². The Kier molecular flexibility index (Phi) is 6.02. The van der Waals surface area contributed by atoms with Crippen LogP contribution >= 0.6 is 27.7 Å². The highest BCUT2D eigenvalue weighted by atomic mass is 79.9. The number of amides is 2. The van der Waals surface area contributed by atoms with Crippen LogP contribution in [-0.2, 0) is 9.59 Å². The topological polar surface area (TPSA) is 70.6 Å². The summed E-state index contributed by atoms with van der Waals surface area (Å²) in [5.74, 6) is -0.348. The molecule has 2 amide bonds. The molecule has 2 N–H and O–H groups in total. The van der Waals surface area contributed by atoms with Crippen molar-refractivity contribution in [2.24, 2.45) is 4.99 Å². The number of anilines is 1. The highest BCUT2D eigenvalue weighted by molar-refractivity contribution is 9.10. The lowest BCUT2D eigenvalue weighted by atomic mass is 10.2. The first kappa shape index (κ1) is 17.0. The fourth-order valence-corrected chi connectivity index (χ4v) is 3.28. The van der Waals surface area contributed by atoms with Crippen molar-refractivity contribution in [1.82, 2.24) is 5.32 Å². The predicted molar refractivity (Wildman–Crippen MR) is 94.1 cm³/mol. The third-order valence-corrected chi connectivity index (χ3v) is 5.01. The smallest absolute Gasteiger partial charge is 0.240 e. The Morgan fingerprint density at radius 1 is 1.50 bits per heavy atom. The van der Waals surface area contributed by atoms with E-state index in [1.54, 1.807) is 6.07 Å². The Bertz CT molecular complexity index is 606. The predicted octanol–water partition coefficient (Wildman–Crippen LogP) is 3.16. The van der Waals surface area contributed by atoms with Crippen LogP contribution in [0.25, 0.3) is 0 Å². The fraction of sp³-hybridized carbons (Fsp3) is 0.400. The summed E-state index contributed by atoms with van der Waals surface area (Å²) in [5, 5.41) is 5.72. The third-order valence-electron chi connectivity index (χ3n) is 3.22. The zero-order valence-corrected chi connectivity index (χ0v) is 14.8. The summed E-state index contributed by atoms with van der Waals surface area (Å²) in [5.41, 5.74) is 0.699. The van der Waals surface area contributed by atoms with Gasteiger partial charge in [0.05, 0.1) is 5.69 Å². The zero-order chi connectivity index (χ0) is 16.1.